The molecule has 1 aromatic carbocycles. The minimum Gasteiger partial charge on any atom is -0.360 e. The minimum absolute atomic E-state index is 0.166. The van der Waals surface area contributed by atoms with Crippen LogP contribution in [0.3, 0.4) is 0 Å². The lowest BCUT2D eigenvalue weighted by Crippen LogP contribution is -2.42. The highest BCUT2D eigenvalue weighted by Gasteiger charge is 2.14. The van der Waals surface area contributed by atoms with E-state index in [-0.39, 0.29) is 5.69 Å². The van der Waals surface area contributed by atoms with Gasteiger partial charge in [-0.15, -0.1) is 0 Å². The molecule has 0 aliphatic rings. The van der Waals surface area contributed by atoms with E-state index in [2.05, 4.69) is 5.32 Å². The molecule has 24 heavy (non-hydrogen) atoms. The number of anilines is 1. The molecule has 0 fully saturated rings. The minimum atomic E-state index is -1.07. The molecule has 3 N–H and O–H groups in total. The van der Waals surface area contributed by atoms with Gasteiger partial charge in [0.25, 0.3) is 11.6 Å². The Kier molecular flexibility index (Phi) is 6.13. The van der Waals surface area contributed by atoms with E-state index in [1.807, 2.05) is 5.32 Å². The first-order valence-electron chi connectivity index (χ1n) is 6.49. The van der Waals surface area contributed by atoms with Gasteiger partial charge in [0.15, 0.2) is 0 Å². The van der Waals surface area contributed by atoms with E-state index in [0.717, 1.165) is 13.1 Å². The van der Waals surface area contributed by atoms with E-state index >= 15 is 0 Å². The second kappa shape index (κ2) is 8.04. The van der Waals surface area contributed by atoms with Crippen LogP contribution in [-0.4, -0.2) is 22.8 Å². The maximum absolute atomic E-state index is 11.7. The summed E-state index contributed by atoms with van der Waals surface area (Å²) >= 11 is 0. The lowest BCUT2D eigenvalue weighted by Gasteiger charge is -2.06. The van der Waals surface area contributed by atoms with Gasteiger partial charge in [0.05, 0.1) is 4.92 Å². The second-order valence-electron chi connectivity index (χ2n) is 4.53. The molecule has 1 rings (SSSR count). The first-order valence-corrected chi connectivity index (χ1v) is 6.49. The van der Waals surface area contributed by atoms with Gasteiger partial charge in [0.1, 0.15) is 11.6 Å². The molecule has 0 bridgehead atoms. The molecular formula is C14H13N5O5. The number of nitriles is 1. The van der Waals surface area contributed by atoms with Gasteiger partial charge in [-0.1, -0.05) is 6.07 Å². The van der Waals surface area contributed by atoms with E-state index in [0.29, 0.717) is 11.3 Å². The molecular weight excluding hydrogens is 318 g/mol. The van der Waals surface area contributed by atoms with Gasteiger partial charge >= 0.3 is 6.03 Å². The molecule has 0 saturated carbocycles. The third kappa shape index (κ3) is 5.23. The summed E-state index contributed by atoms with van der Waals surface area (Å²) in [4.78, 5) is 43.8. The third-order valence-corrected chi connectivity index (χ3v) is 2.69. The molecule has 0 unspecified atom stereocenters. The summed E-state index contributed by atoms with van der Waals surface area (Å²) in [6, 6.07) is 4.56. The highest BCUT2D eigenvalue weighted by atomic mass is 16.6. The molecule has 0 aliphatic carbocycles. The van der Waals surface area contributed by atoms with Gasteiger partial charge in [-0.2, -0.15) is 5.26 Å². The highest BCUT2D eigenvalue weighted by Crippen LogP contribution is 2.21. The summed E-state index contributed by atoms with van der Waals surface area (Å²) in [7, 11) is 0. The van der Waals surface area contributed by atoms with Gasteiger partial charge in [-0.25, -0.2) is 4.79 Å². The Morgan fingerprint density at radius 1 is 1.29 bits per heavy atom. The molecule has 10 heteroatoms. The predicted octanol–water partition coefficient (Wildman–Crippen LogP) is 1.09. The molecule has 0 spiro atoms. The predicted molar refractivity (Wildman–Crippen MR) is 82.5 cm³/mol. The largest absolute Gasteiger partial charge is 0.360 e. The van der Waals surface area contributed by atoms with Crippen LogP contribution in [0.25, 0.3) is 0 Å². The summed E-state index contributed by atoms with van der Waals surface area (Å²) in [5, 5.41) is 25.9. The smallest absolute Gasteiger partial charge is 0.328 e. The normalized spacial score (nSPS) is 10.3. The number of imide groups is 2. The van der Waals surface area contributed by atoms with Crippen molar-refractivity contribution in [1.82, 2.24) is 10.6 Å². The first-order chi connectivity index (χ1) is 11.2. The molecule has 0 atom stereocenters. The van der Waals surface area contributed by atoms with Crippen molar-refractivity contribution in [3.63, 3.8) is 0 Å². The standard InChI is InChI=1S/C14H13N5O5/c1-8-3-4-11(19(23)24)5-12(8)16-7-10(6-15)13(21)18-14(22)17-9(2)20/h3-5,7,16H,1-2H3,(H2,17,18,20,21,22)/b10-7-. The molecule has 4 amide bonds. The topological polar surface area (TPSA) is 154 Å². The van der Waals surface area contributed by atoms with Crippen LogP contribution in [0.15, 0.2) is 30.0 Å². The van der Waals surface area contributed by atoms with Crippen molar-refractivity contribution in [1.29, 1.82) is 5.26 Å². The van der Waals surface area contributed by atoms with Crippen LogP contribution in [0.2, 0.25) is 0 Å². The van der Waals surface area contributed by atoms with Gasteiger partial charge in [-0.3, -0.25) is 30.3 Å². The van der Waals surface area contributed by atoms with Crippen LogP contribution >= 0.6 is 0 Å². The van der Waals surface area contributed by atoms with Crippen molar-refractivity contribution in [2.45, 2.75) is 13.8 Å². The summed E-state index contributed by atoms with van der Waals surface area (Å²) in [6.07, 6.45) is 1.00. The van der Waals surface area contributed by atoms with Crippen LogP contribution < -0.4 is 16.0 Å². The maximum Gasteiger partial charge on any atom is 0.328 e. The van der Waals surface area contributed by atoms with Crippen LogP contribution in [0, 0.1) is 28.4 Å². The van der Waals surface area contributed by atoms with E-state index in [9.17, 15) is 24.5 Å². The molecule has 0 aliphatic heterocycles. The number of carbonyl (C=O) groups excluding carboxylic acids is 3. The Morgan fingerprint density at radius 3 is 2.50 bits per heavy atom. The number of aryl methyl sites for hydroxylation is 1. The van der Waals surface area contributed by atoms with Gasteiger partial charge in [-0.05, 0) is 12.5 Å². The molecule has 0 radical (unpaired) electrons. The number of hydrogen-bond donors (Lipinski definition) is 3. The zero-order valence-corrected chi connectivity index (χ0v) is 12.7. The van der Waals surface area contributed by atoms with Crippen molar-refractivity contribution in [3.8, 4) is 6.07 Å². The fourth-order valence-electron chi connectivity index (χ4n) is 1.54. The number of rotatable bonds is 4. The van der Waals surface area contributed by atoms with Gasteiger partial charge in [0, 0.05) is 30.9 Å². The average molecular weight is 331 g/mol. The zero-order valence-electron chi connectivity index (χ0n) is 12.7. The van der Waals surface area contributed by atoms with Crippen molar-refractivity contribution < 1.29 is 19.3 Å². The average Bonchev–Trinajstić information content (AvgIpc) is 2.48. The molecule has 0 saturated heterocycles. The SMILES string of the molecule is CC(=O)NC(=O)NC(=O)/C(C#N)=C\Nc1cc([N+](=O)[O-])ccc1C. The number of non-ortho nitro benzene ring substituents is 1. The second-order valence-corrected chi connectivity index (χ2v) is 4.53. The Bertz CT molecular complexity index is 778. The Hall–Kier alpha value is -3.74. The molecule has 0 aromatic heterocycles. The number of benzene rings is 1. The Morgan fingerprint density at radius 2 is 1.96 bits per heavy atom. The summed E-state index contributed by atoms with van der Waals surface area (Å²) in [5.41, 5.74) is 0.335. The number of urea groups is 1. The molecule has 0 heterocycles. The summed E-state index contributed by atoms with van der Waals surface area (Å²) in [5.74, 6) is -1.71. The van der Waals surface area contributed by atoms with E-state index in [4.69, 9.17) is 5.26 Å². The van der Waals surface area contributed by atoms with Crippen molar-refractivity contribution in [3.05, 3.63) is 45.6 Å². The lowest BCUT2D eigenvalue weighted by molar-refractivity contribution is -0.384. The zero-order chi connectivity index (χ0) is 18.3. The number of nitro groups is 1. The van der Waals surface area contributed by atoms with Gasteiger partial charge < -0.3 is 5.32 Å². The third-order valence-electron chi connectivity index (χ3n) is 2.69. The summed E-state index contributed by atoms with van der Waals surface area (Å²) < 4.78 is 0. The van der Waals surface area contributed by atoms with Crippen LogP contribution in [0.5, 0.6) is 0 Å². The monoisotopic (exact) mass is 331 g/mol. The van der Waals surface area contributed by atoms with E-state index < -0.39 is 28.3 Å². The van der Waals surface area contributed by atoms with Crippen LogP contribution in [-0.2, 0) is 9.59 Å². The number of hydrogen-bond acceptors (Lipinski definition) is 7. The van der Waals surface area contributed by atoms with E-state index in [1.54, 1.807) is 18.3 Å². The Labute approximate surface area is 136 Å². The van der Waals surface area contributed by atoms with E-state index in [1.165, 1.54) is 18.2 Å². The number of nitrogens with zero attached hydrogens (tertiary/aromatic N) is 2. The highest BCUT2D eigenvalue weighted by molar-refractivity contribution is 6.09. The number of carbonyl (C=O) groups is 3. The molecule has 10 nitrogen and oxygen atoms in total. The first kappa shape index (κ1) is 18.3. The number of amides is 4. The van der Waals surface area contributed by atoms with Crippen molar-refractivity contribution in [2.75, 3.05) is 5.32 Å². The quantitative estimate of drug-likeness (QED) is 0.323. The van der Waals surface area contributed by atoms with Crippen molar-refractivity contribution in [2.24, 2.45) is 0 Å². The number of nitrogens with one attached hydrogen (secondary N) is 3. The molecule has 1 aromatic rings. The number of nitro benzene ring substituents is 1. The Balaban J connectivity index is 2.90. The lowest BCUT2D eigenvalue weighted by atomic mass is 10.2. The fraction of sp³-hybridized carbons (Fsp3) is 0.143. The van der Waals surface area contributed by atoms with Gasteiger partial charge in [0.2, 0.25) is 5.91 Å². The van der Waals surface area contributed by atoms with Crippen LogP contribution in [0.1, 0.15) is 12.5 Å². The fourth-order valence-corrected chi connectivity index (χ4v) is 1.54. The van der Waals surface area contributed by atoms with Crippen molar-refractivity contribution >= 4 is 29.2 Å². The summed E-state index contributed by atoms with van der Waals surface area (Å²) in [6.45, 7) is 2.75. The van der Waals surface area contributed by atoms with Crippen LogP contribution in [0.4, 0.5) is 16.2 Å². The maximum atomic E-state index is 11.7. The molecule has 124 valence electrons.